The molecule has 0 amide bonds. The quantitative estimate of drug-likeness (QED) is 0.798. The third-order valence-corrected chi connectivity index (χ3v) is 2.81. The SMILES string of the molecule is CC[C@H](NCC(C)C)c1ccccc1Cl. The molecule has 0 bridgehead atoms. The molecule has 0 aliphatic heterocycles. The molecule has 0 spiro atoms. The average Bonchev–Trinajstić information content (AvgIpc) is 2.21. The van der Waals surface area contributed by atoms with E-state index in [2.05, 4.69) is 32.2 Å². The first-order valence-corrected chi connectivity index (χ1v) is 6.00. The van der Waals surface area contributed by atoms with Crippen molar-refractivity contribution < 1.29 is 0 Å². The zero-order valence-electron chi connectivity index (χ0n) is 9.76. The normalized spacial score (nSPS) is 13.1. The van der Waals surface area contributed by atoms with Crippen molar-refractivity contribution >= 4 is 11.6 Å². The smallest absolute Gasteiger partial charge is 0.0453 e. The number of hydrogen-bond acceptors (Lipinski definition) is 1. The van der Waals surface area contributed by atoms with Crippen LogP contribution in [0.5, 0.6) is 0 Å². The van der Waals surface area contributed by atoms with Crippen LogP contribution in [0.2, 0.25) is 5.02 Å². The molecule has 1 nitrogen and oxygen atoms in total. The summed E-state index contributed by atoms with van der Waals surface area (Å²) in [4.78, 5) is 0. The molecule has 0 saturated heterocycles. The Morgan fingerprint density at radius 1 is 1.27 bits per heavy atom. The van der Waals surface area contributed by atoms with E-state index in [1.165, 1.54) is 5.56 Å². The van der Waals surface area contributed by atoms with Crippen molar-refractivity contribution in [2.75, 3.05) is 6.54 Å². The highest BCUT2D eigenvalue weighted by molar-refractivity contribution is 6.31. The first-order valence-electron chi connectivity index (χ1n) is 5.63. The van der Waals surface area contributed by atoms with Gasteiger partial charge in [-0.05, 0) is 30.5 Å². The Balaban J connectivity index is 2.70. The Labute approximate surface area is 97.8 Å². The van der Waals surface area contributed by atoms with Crippen molar-refractivity contribution in [3.8, 4) is 0 Å². The van der Waals surface area contributed by atoms with Gasteiger partial charge < -0.3 is 5.32 Å². The fourth-order valence-electron chi connectivity index (χ4n) is 1.61. The van der Waals surface area contributed by atoms with Gasteiger partial charge in [0.25, 0.3) is 0 Å². The molecule has 0 unspecified atom stereocenters. The molecule has 15 heavy (non-hydrogen) atoms. The molecule has 0 saturated carbocycles. The first kappa shape index (κ1) is 12.5. The number of rotatable bonds is 5. The molecule has 0 radical (unpaired) electrons. The fourth-order valence-corrected chi connectivity index (χ4v) is 1.88. The second-order valence-corrected chi connectivity index (χ2v) is 4.69. The van der Waals surface area contributed by atoms with Gasteiger partial charge in [-0.3, -0.25) is 0 Å². The van der Waals surface area contributed by atoms with Crippen LogP contribution in [-0.4, -0.2) is 6.54 Å². The lowest BCUT2D eigenvalue weighted by Gasteiger charge is -2.19. The van der Waals surface area contributed by atoms with Crippen molar-refractivity contribution in [2.45, 2.75) is 33.2 Å². The van der Waals surface area contributed by atoms with Crippen LogP contribution >= 0.6 is 11.6 Å². The van der Waals surface area contributed by atoms with E-state index in [-0.39, 0.29) is 0 Å². The lowest BCUT2D eigenvalue weighted by molar-refractivity contribution is 0.465. The van der Waals surface area contributed by atoms with Crippen LogP contribution in [0.4, 0.5) is 0 Å². The Morgan fingerprint density at radius 2 is 1.93 bits per heavy atom. The van der Waals surface area contributed by atoms with Crippen molar-refractivity contribution in [3.05, 3.63) is 34.9 Å². The van der Waals surface area contributed by atoms with Gasteiger partial charge in [0.1, 0.15) is 0 Å². The van der Waals surface area contributed by atoms with E-state index in [0.717, 1.165) is 18.0 Å². The molecular formula is C13H20ClN. The zero-order valence-corrected chi connectivity index (χ0v) is 10.5. The summed E-state index contributed by atoms with van der Waals surface area (Å²) in [5, 5.41) is 4.40. The van der Waals surface area contributed by atoms with Gasteiger partial charge in [0.15, 0.2) is 0 Å². The molecular weight excluding hydrogens is 206 g/mol. The monoisotopic (exact) mass is 225 g/mol. The molecule has 0 heterocycles. The van der Waals surface area contributed by atoms with Crippen LogP contribution in [-0.2, 0) is 0 Å². The van der Waals surface area contributed by atoms with Crippen LogP contribution in [0.1, 0.15) is 38.8 Å². The molecule has 0 aliphatic rings. The predicted molar refractivity (Wildman–Crippen MR) is 67.3 cm³/mol. The standard InChI is InChI=1S/C13H20ClN/c1-4-13(15-9-10(2)3)11-7-5-6-8-12(11)14/h5-8,10,13,15H,4,9H2,1-3H3/t13-/m0/s1. The Bertz CT molecular complexity index is 296. The van der Waals surface area contributed by atoms with Crippen LogP contribution < -0.4 is 5.32 Å². The summed E-state index contributed by atoms with van der Waals surface area (Å²) in [6, 6.07) is 8.45. The van der Waals surface area contributed by atoms with Gasteiger partial charge in [0.05, 0.1) is 0 Å². The predicted octanol–water partition coefficient (Wildman–Crippen LogP) is 4.04. The van der Waals surface area contributed by atoms with E-state index < -0.39 is 0 Å². The summed E-state index contributed by atoms with van der Waals surface area (Å²) < 4.78 is 0. The molecule has 1 atom stereocenters. The number of halogens is 1. The molecule has 0 aromatic heterocycles. The molecule has 1 aromatic carbocycles. The van der Waals surface area contributed by atoms with Crippen LogP contribution in [0, 0.1) is 5.92 Å². The van der Waals surface area contributed by atoms with Crippen LogP contribution in [0.25, 0.3) is 0 Å². The van der Waals surface area contributed by atoms with Crippen molar-refractivity contribution in [3.63, 3.8) is 0 Å². The summed E-state index contributed by atoms with van der Waals surface area (Å²) in [6.07, 6.45) is 1.07. The van der Waals surface area contributed by atoms with Gasteiger partial charge in [-0.1, -0.05) is 50.6 Å². The molecule has 2 heteroatoms. The molecule has 84 valence electrons. The summed E-state index contributed by atoms with van der Waals surface area (Å²) >= 11 is 6.17. The minimum absolute atomic E-state index is 0.376. The summed E-state index contributed by atoms with van der Waals surface area (Å²) in [5.41, 5.74) is 1.21. The third-order valence-electron chi connectivity index (χ3n) is 2.46. The van der Waals surface area contributed by atoms with Crippen LogP contribution in [0.15, 0.2) is 24.3 Å². The van der Waals surface area contributed by atoms with E-state index in [0.29, 0.717) is 12.0 Å². The van der Waals surface area contributed by atoms with E-state index in [1.54, 1.807) is 0 Å². The Hall–Kier alpha value is -0.530. The van der Waals surface area contributed by atoms with Gasteiger partial charge in [-0.25, -0.2) is 0 Å². The summed E-state index contributed by atoms with van der Waals surface area (Å²) in [6.45, 7) is 7.64. The Kier molecular flexibility index (Phi) is 5.13. The zero-order chi connectivity index (χ0) is 11.3. The van der Waals surface area contributed by atoms with E-state index >= 15 is 0 Å². The minimum atomic E-state index is 0.376. The summed E-state index contributed by atoms with van der Waals surface area (Å²) in [5.74, 6) is 0.668. The maximum absolute atomic E-state index is 6.17. The van der Waals surface area contributed by atoms with Crippen molar-refractivity contribution in [2.24, 2.45) is 5.92 Å². The molecule has 1 N–H and O–H groups in total. The van der Waals surface area contributed by atoms with E-state index in [1.807, 2.05) is 18.2 Å². The van der Waals surface area contributed by atoms with Crippen LogP contribution in [0.3, 0.4) is 0 Å². The molecule has 0 aliphatic carbocycles. The number of benzene rings is 1. The molecule has 1 rings (SSSR count). The van der Waals surface area contributed by atoms with Gasteiger partial charge in [-0.2, -0.15) is 0 Å². The van der Waals surface area contributed by atoms with E-state index in [9.17, 15) is 0 Å². The highest BCUT2D eigenvalue weighted by atomic mass is 35.5. The van der Waals surface area contributed by atoms with Crippen molar-refractivity contribution in [1.29, 1.82) is 0 Å². The Morgan fingerprint density at radius 3 is 2.47 bits per heavy atom. The van der Waals surface area contributed by atoms with Crippen molar-refractivity contribution in [1.82, 2.24) is 5.32 Å². The maximum atomic E-state index is 6.17. The second-order valence-electron chi connectivity index (χ2n) is 4.28. The number of nitrogens with one attached hydrogen (secondary N) is 1. The largest absolute Gasteiger partial charge is 0.310 e. The topological polar surface area (TPSA) is 12.0 Å². The lowest BCUT2D eigenvalue weighted by Crippen LogP contribution is -2.25. The van der Waals surface area contributed by atoms with Gasteiger partial charge in [0, 0.05) is 11.1 Å². The lowest BCUT2D eigenvalue weighted by atomic mass is 10.0. The molecule has 0 fully saturated rings. The maximum Gasteiger partial charge on any atom is 0.0453 e. The average molecular weight is 226 g/mol. The first-order chi connectivity index (χ1) is 7.15. The minimum Gasteiger partial charge on any atom is -0.310 e. The van der Waals surface area contributed by atoms with E-state index in [4.69, 9.17) is 11.6 Å². The van der Waals surface area contributed by atoms with Gasteiger partial charge in [0.2, 0.25) is 0 Å². The second kappa shape index (κ2) is 6.14. The molecule has 1 aromatic rings. The summed E-state index contributed by atoms with van der Waals surface area (Å²) in [7, 11) is 0. The van der Waals surface area contributed by atoms with Gasteiger partial charge in [-0.15, -0.1) is 0 Å². The highest BCUT2D eigenvalue weighted by Gasteiger charge is 2.11. The third kappa shape index (κ3) is 3.84. The fraction of sp³-hybridized carbons (Fsp3) is 0.538. The highest BCUT2D eigenvalue weighted by Crippen LogP contribution is 2.24. The van der Waals surface area contributed by atoms with Gasteiger partial charge >= 0.3 is 0 Å². The number of hydrogen-bond donors (Lipinski definition) is 1.